The summed E-state index contributed by atoms with van der Waals surface area (Å²) < 4.78 is 38.0. The van der Waals surface area contributed by atoms with Gasteiger partial charge < -0.3 is 10.1 Å². The highest BCUT2D eigenvalue weighted by Gasteiger charge is 2.25. The van der Waals surface area contributed by atoms with E-state index in [2.05, 4.69) is 20.5 Å². The lowest BCUT2D eigenvalue weighted by Gasteiger charge is -2.13. The van der Waals surface area contributed by atoms with Gasteiger partial charge in [0.15, 0.2) is 5.82 Å². The van der Waals surface area contributed by atoms with Crippen LogP contribution in [0.1, 0.15) is 18.1 Å². The molecule has 6 aromatic rings. The van der Waals surface area contributed by atoms with Gasteiger partial charge in [0, 0.05) is 34.6 Å². The first-order valence-corrected chi connectivity index (χ1v) is 14.1. The number of fused-ring (bicyclic) bond motifs is 1. The van der Waals surface area contributed by atoms with E-state index in [0.29, 0.717) is 22.5 Å². The quantitative estimate of drug-likeness (QED) is 0.272. The third-order valence-corrected chi connectivity index (χ3v) is 8.31. The number of nitrogens with zero attached hydrogens (tertiary/aromatic N) is 6. The van der Waals surface area contributed by atoms with Crippen LogP contribution in [0.3, 0.4) is 0 Å². The Kier molecular flexibility index (Phi) is 7.57. The topological polar surface area (TPSA) is 126 Å². The highest BCUT2D eigenvalue weighted by atomic mass is 32.1. The van der Waals surface area contributed by atoms with Gasteiger partial charge in [-0.05, 0) is 47.9 Å². The van der Waals surface area contributed by atoms with Crippen LogP contribution in [-0.2, 0) is 13.0 Å². The van der Waals surface area contributed by atoms with Crippen LogP contribution in [0, 0.1) is 11.6 Å². The number of carbonyl (C=O) groups is 1. The number of anilines is 1. The minimum atomic E-state index is -0.836. The second kappa shape index (κ2) is 11.6. The number of aromatic nitrogens is 6. The normalized spacial score (nSPS) is 11.2. The zero-order valence-corrected chi connectivity index (χ0v) is 24.1. The van der Waals surface area contributed by atoms with Gasteiger partial charge in [-0.15, -0.1) is 21.5 Å². The van der Waals surface area contributed by atoms with E-state index in [1.165, 1.54) is 53.2 Å². The number of thiophene rings is 1. The summed E-state index contributed by atoms with van der Waals surface area (Å²) >= 11 is 1.16. The molecular weight excluding hydrogens is 592 g/mol. The van der Waals surface area contributed by atoms with Gasteiger partial charge in [-0.25, -0.2) is 27.9 Å². The van der Waals surface area contributed by atoms with Crippen molar-refractivity contribution in [2.24, 2.45) is 0 Å². The van der Waals surface area contributed by atoms with Crippen LogP contribution in [0.25, 0.3) is 26.5 Å². The Morgan fingerprint density at radius 1 is 1.00 bits per heavy atom. The van der Waals surface area contributed by atoms with E-state index >= 15 is 0 Å². The maximum atomic E-state index is 14.8. The molecule has 1 amide bonds. The van der Waals surface area contributed by atoms with Crippen LogP contribution in [0.5, 0.6) is 5.88 Å². The van der Waals surface area contributed by atoms with Crippen LogP contribution in [0.4, 0.5) is 19.3 Å². The summed E-state index contributed by atoms with van der Waals surface area (Å²) in [5.74, 6) is -1.55. The number of halogens is 2. The number of amides is 1. The molecule has 0 bridgehead atoms. The first-order valence-electron chi connectivity index (χ1n) is 13.3. The van der Waals surface area contributed by atoms with Crippen molar-refractivity contribution in [3.05, 3.63) is 117 Å². The second-order valence-corrected chi connectivity index (χ2v) is 10.6. The number of imidazole rings is 1. The number of hydrogen-bond acceptors (Lipinski definition) is 8. The summed E-state index contributed by atoms with van der Waals surface area (Å²) in [6, 6.07) is 12.9. The fourth-order valence-corrected chi connectivity index (χ4v) is 6.22. The third-order valence-electron chi connectivity index (χ3n) is 7.01. The molecule has 4 aromatic heterocycles. The van der Waals surface area contributed by atoms with Gasteiger partial charge in [0.2, 0.25) is 5.88 Å². The summed E-state index contributed by atoms with van der Waals surface area (Å²) in [6.45, 7) is 1.40. The van der Waals surface area contributed by atoms with Crippen molar-refractivity contribution in [1.29, 1.82) is 0 Å². The van der Waals surface area contributed by atoms with Gasteiger partial charge in [0.25, 0.3) is 5.56 Å². The van der Waals surface area contributed by atoms with Crippen molar-refractivity contribution in [1.82, 2.24) is 28.9 Å². The molecule has 0 saturated carbocycles. The molecule has 0 unspecified atom stereocenters. The summed E-state index contributed by atoms with van der Waals surface area (Å²) in [5.41, 5.74) is 0.0842. The van der Waals surface area contributed by atoms with Gasteiger partial charge in [-0.2, -0.15) is 0 Å². The predicted octanol–water partition coefficient (Wildman–Crippen LogP) is 4.85. The zero-order chi connectivity index (χ0) is 31.0. The van der Waals surface area contributed by atoms with Crippen LogP contribution in [-0.4, -0.2) is 42.0 Å². The number of methoxy groups -OCH3 is 1. The van der Waals surface area contributed by atoms with E-state index in [0.717, 1.165) is 33.6 Å². The number of carbonyl (C=O) groups excluding carboxylic acids is 1. The van der Waals surface area contributed by atoms with Crippen molar-refractivity contribution >= 4 is 33.3 Å². The Hall–Kier alpha value is -5.50. The molecule has 0 aliphatic heterocycles. The number of ether oxygens (including phenoxy) is 1. The SMILES string of the molecule is CCc1c(-c2ccc(NC(=O)n3ccnc3)cc2)sc2c1c(=O)n(-c1ccc(OC)nn1)c(=O)n2Cc1c(F)cccc1F. The van der Waals surface area contributed by atoms with Crippen molar-refractivity contribution in [3.8, 4) is 22.1 Å². The number of aryl methyl sites for hydroxylation is 1. The maximum Gasteiger partial charge on any atom is 0.338 e. The highest BCUT2D eigenvalue weighted by molar-refractivity contribution is 7.22. The Balaban J connectivity index is 1.53. The van der Waals surface area contributed by atoms with E-state index in [4.69, 9.17) is 4.74 Å². The summed E-state index contributed by atoms with van der Waals surface area (Å²) in [5, 5.41) is 10.9. The molecule has 1 N–H and O–H groups in total. The van der Waals surface area contributed by atoms with Crippen LogP contribution < -0.4 is 21.3 Å². The van der Waals surface area contributed by atoms with Gasteiger partial charge in [0.05, 0.1) is 19.0 Å². The number of hydrogen-bond donors (Lipinski definition) is 1. The molecule has 14 heteroatoms. The minimum absolute atomic E-state index is 0.0711. The maximum absolute atomic E-state index is 14.8. The molecule has 0 atom stereocenters. The highest BCUT2D eigenvalue weighted by Crippen LogP contribution is 2.38. The molecule has 0 aliphatic rings. The van der Waals surface area contributed by atoms with Gasteiger partial charge in [0.1, 0.15) is 22.8 Å². The zero-order valence-electron chi connectivity index (χ0n) is 23.3. The Morgan fingerprint density at radius 3 is 2.36 bits per heavy atom. The summed E-state index contributed by atoms with van der Waals surface area (Å²) in [7, 11) is 1.40. The van der Waals surface area contributed by atoms with E-state index in [-0.39, 0.29) is 27.5 Å². The molecule has 0 spiro atoms. The van der Waals surface area contributed by atoms with E-state index in [1.54, 1.807) is 24.3 Å². The third kappa shape index (κ3) is 5.04. The molecule has 0 fully saturated rings. The van der Waals surface area contributed by atoms with Gasteiger partial charge >= 0.3 is 11.7 Å². The van der Waals surface area contributed by atoms with Crippen LogP contribution in [0.15, 0.2) is 82.9 Å². The smallest absolute Gasteiger partial charge is 0.338 e. The molecule has 11 nitrogen and oxygen atoms in total. The van der Waals surface area contributed by atoms with Crippen LogP contribution >= 0.6 is 11.3 Å². The van der Waals surface area contributed by atoms with Crippen LogP contribution in [0.2, 0.25) is 0 Å². The largest absolute Gasteiger partial charge is 0.480 e. The summed E-state index contributed by atoms with van der Waals surface area (Å²) in [4.78, 5) is 45.1. The molecule has 222 valence electrons. The Labute approximate surface area is 251 Å². The lowest BCUT2D eigenvalue weighted by atomic mass is 10.0. The first kappa shape index (κ1) is 28.6. The number of nitrogens with one attached hydrogen (secondary N) is 1. The van der Waals surface area contributed by atoms with E-state index in [1.807, 2.05) is 6.92 Å². The predicted molar refractivity (Wildman–Crippen MR) is 161 cm³/mol. The standard InChI is InChI=1S/C30H23F2N7O4S/c1-3-19-25-27(40)39(23-11-12-24(43-2)36-35-23)30(42)38(15-20-21(31)5-4-6-22(20)32)28(25)44-26(19)17-7-9-18(10-8-17)34-29(41)37-14-13-33-16-37/h4-14,16H,3,15H2,1-2H3,(H,34,41). The van der Waals surface area contributed by atoms with E-state index in [9.17, 15) is 23.2 Å². The van der Waals surface area contributed by atoms with Crippen molar-refractivity contribution in [3.63, 3.8) is 0 Å². The fraction of sp³-hybridized carbons (Fsp3) is 0.133. The molecular formula is C30H23F2N7O4S. The Morgan fingerprint density at radius 2 is 1.75 bits per heavy atom. The average Bonchev–Trinajstić information content (AvgIpc) is 3.70. The first-order chi connectivity index (χ1) is 21.3. The fourth-order valence-electron chi connectivity index (χ4n) is 4.84. The summed E-state index contributed by atoms with van der Waals surface area (Å²) in [6.07, 6.45) is 4.80. The molecule has 4 heterocycles. The molecule has 0 saturated heterocycles. The lowest BCUT2D eigenvalue weighted by Crippen LogP contribution is -2.39. The molecule has 44 heavy (non-hydrogen) atoms. The number of benzene rings is 2. The molecule has 6 rings (SSSR count). The monoisotopic (exact) mass is 615 g/mol. The lowest BCUT2D eigenvalue weighted by molar-refractivity contribution is 0.253. The molecule has 2 aromatic carbocycles. The number of rotatable bonds is 7. The molecule has 0 aliphatic carbocycles. The average molecular weight is 616 g/mol. The van der Waals surface area contributed by atoms with Gasteiger partial charge in [-0.1, -0.05) is 25.1 Å². The van der Waals surface area contributed by atoms with Crippen molar-refractivity contribution < 1.29 is 18.3 Å². The minimum Gasteiger partial charge on any atom is -0.480 e. The van der Waals surface area contributed by atoms with Gasteiger partial charge in [-0.3, -0.25) is 13.9 Å². The second-order valence-electron chi connectivity index (χ2n) is 9.56. The molecule has 0 radical (unpaired) electrons. The van der Waals surface area contributed by atoms with Crippen molar-refractivity contribution in [2.75, 3.05) is 12.4 Å². The van der Waals surface area contributed by atoms with E-state index < -0.39 is 35.5 Å². The van der Waals surface area contributed by atoms with Crippen molar-refractivity contribution in [2.45, 2.75) is 19.9 Å². The Bertz CT molecular complexity index is 2100.